The molecule has 2 rings (SSSR count). The second-order valence-electron chi connectivity index (χ2n) is 4.26. The van der Waals surface area contributed by atoms with Gasteiger partial charge in [0.15, 0.2) is 0 Å². The van der Waals surface area contributed by atoms with Crippen molar-refractivity contribution in [3.63, 3.8) is 0 Å². The van der Waals surface area contributed by atoms with E-state index >= 15 is 0 Å². The second-order valence-corrected chi connectivity index (χ2v) is 4.26. The fraction of sp³-hybridized carbons (Fsp3) is 0.125. The third-order valence-electron chi connectivity index (χ3n) is 2.89. The number of anilines is 1. The monoisotopic (exact) mass is 285 g/mol. The first-order chi connectivity index (χ1) is 10.1. The Hall–Kier alpha value is -2.82. The van der Waals surface area contributed by atoms with E-state index < -0.39 is 5.97 Å². The number of benzene rings is 2. The van der Waals surface area contributed by atoms with E-state index in [9.17, 15) is 9.59 Å². The van der Waals surface area contributed by atoms with E-state index in [1.807, 2.05) is 0 Å². The zero-order valence-electron chi connectivity index (χ0n) is 11.8. The molecule has 0 aromatic heterocycles. The number of carbonyl (C=O) groups excluding carboxylic acids is 2. The van der Waals surface area contributed by atoms with Gasteiger partial charge in [-0.15, -0.1) is 0 Å². The van der Waals surface area contributed by atoms with Gasteiger partial charge in [0.25, 0.3) is 5.91 Å². The van der Waals surface area contributed by atoms with Crippen LogP contribution in [-0.4, -0.2) is 26.1 Å². The highest BCUT2D eigenvalue weighted by molar-refractivity contribution is 6.05. The number of methoxy groups -OCH3 is 2. The third-order valence-corrected chi connectivity index (χ3v) is 2.89. The van der Waals surface area contributed by atoms with E-state index in [2.05, 4.69) is 10.1 Å². The molecule has 0 heterocycles. The van der Waals surface area contributed by atoms with E-state index in [4.69, 9.17) is 4.74 Å². The number of ether oxygens (including phenoxy) is 2. The Morgan fingerprint density at radius 1 is 0.952 bits per heavy atom. The van der Waals surface area contributed by atoms with E-state index in [-0.39, 0.29) is 5.91 Å². The molecule has 0 aliphatic heterocycles. The number of esters is 1. The van der Waals surface area contributed by atoms with Crippen LogP contribution < -0.4 is 10.1 Å². The summed E-state index contributed by atoms with van der Waals surface area (Å²) in [4.78, 5) is 23.6. The van der Waals surface area contributed by atoms with Gasteiger partial charge in [0.2, 0.25) is 0 Å². The normalized spacial score (nSPS) is 9.81. The van der Waals surface area contributed by atoms with Gasteiger partial charge in [0.1, 0.15) is 5.75 Å². The van der Waals surface area contributed by atoms with Crippen LogP contribution in [0.15, 0.2) is 48.5 Å². The maximum atomic E-state index is 12.1. The van der Waals surface area contributed by atoms with Crippen LogP contribution in [0.1, 0.15) is 20.7 Å². The van der Waals surface area contributed by atoms with Crippen LogP contribution in [0.5, 0.6) is 5.75 Å². The van der Waals surface area contributed by atoms with Gasteiger partial charge in [-0.05, 0) is 42.5 Å². The fourth-order valence-corrected chi connectivity index (χ4v) is 1.78. The van der Waals surface area contributed by atoms with Gasteiger partial charge < -0.3 is 14.8 Å². The Morgan fingerprint density at radius 2 is 1.62 bits per heavy atom. The highest BCUT2D eigenvalue weighted by Gasteiger charge is 2.10. The molecule has 0 radical (unpaired) electrons. The highest BCUT2D eigenvalue weighted by atomic mass is 16.5. The van der Waals surface area contributed by atoms with Crippen molar-refractivity contribution in [2.45, 2.75) is 0 Å². The van der Waals surface area contributed by atoms with Crippen molar-refractivity contribution in [2.24, 2.45) is 0 Å². The smallest absolute Gasteiger partial charge is 0.337 e. The summed E-state index contributed by atoms with van der Waals surface area (Å²) >= 11 is 0. The molecule has 1 amide bonds. The summed E-state index contributed by atoms with van der Waals surface area (Å²) in [6, 6.07) is 13.3. The zero-order chi connectivity index (χ0) is 15.2. The van der Waals surface area contributed by atoms with Gasteiger partial charge in [-0.25, -0.2) is 4.79 Å². The van der Waals surface area contributed by atoms with Crippen molar-refractivity contribution >= 4 is 17.6 Å². The predicted octanol–water partition coefficient (Wildman–Crippen LogP) is 2.73. The van der Waals surface area contributed by atoms with E-state index in [1.165, 1.54) is 13.2 Å². The minimum absolute atomic E-state index is 0.300. The molecule has 0 saturated heterocycles. The summed E-state index contributed by atoms with van der Waals surface area (Å²) < 4.78 is 9.68. The Labute approximate surface area is 122 Å². The third kappa shape index (κ3) is 3.60. The van der Waals surface area contributed by atoms with Crippen molar-refractivity contribution in [3.05, 3.63) is 59.7 Å². The number of amides is 1. The molecule has 0 spiro atoms. The van der Waals surface area contributed by atoms with Crippen molar-refractivity contribution in [2.75, 3.05) is 19.5 Å². The Balaban J connectivity index is 2.14. The Kier molecular flexibility index (Phi) is 4.56. The summed E-state index contributed by atoms with van der Waals surface area (Å²) in [5.41, 5.74) is 1.36. The predicted molar refractivity (Wildman–Crippen MR) is 78.7 cm³/mol. The average Bonchev–Trinajstić information content (AvgIpc) is 2.55. The lowest BCUT2D eigenvalue weighted by atomic mass is 10.1. The Bertz CT molecular complexity index is 650. The SMILES string of the molecule is COC(=O)c1cccc(C(=O)Nc2ccc(OC)cc2)c1. The van der Waals surface area contributed by atoms with Gasteiger partial charge in [-0.3, -0.25) is 4.79 Å². The first kappa shape index (κ1) is 14.6. The van der Waals surface area contributed by atoms with Gasteiger partial charge >= 0.3 is 5.97 Å². The van der Waals surface area contributed by atoms with Gasteiger partial charge in [0.05, 0.1) is 19.8 Å². The van der Waals surface area contributed by atoms with Crippen molar-refractivity contribution in [3.8, 4) is 5.75 Å². The topological polar surface area (TPSA) is 64.6 Å². The first-order valence-electron chi connectivity index (χ1n) is 6.28. The molecule has 2 aromatic rings. The molecule has 0 atom stereocenters. The maximum absolute atomic E-state index is 12.1. The molecule has 5 heteroatoms. The van der Waals surface area contributed by atoms with Crippen LogP contribution in [-0.2, 0) is 4.74 Å². The van der Waals surface area contributed by atoms with Gasteiger partial charge in [-0.1, -0.05) is 6.07 Å². The molecule has 5 nitrogen and oxygen atoms in total. The molecular formula is C16H15NO4. The number of hydrogen-bond donors (Lipinski definition) is 1. The van der Waals surface area contributed by atoms with E-state index in [0.717, 1.165) is 0 Å². The first-order valence-corrected chi connectivity index (χ1v) is 6.28. The largest absolute Gasteiger partial charge is 0.497 e. The lowest BCUT2D eigenvalue weighted by Crippen LogP contribution is -2.13. The van der Waals surface area contributed by atoms with Crippen LogP contribution in [0.3, 0.4) is 0 Å². The number of nitrogens with one attached hydrogen (secondary N) is 1. The lowest BCUT2D eigenvalue weighted by Gasteiger charge is -2.07. The standard InChI is InChI=1S/C16H15NO4/c1-20-14-8-6-13(7-9-14)17-15(18)11-4-3-5-12(10-11)16(19)21-2/h3-10H,1-2H3,(H,17,18). The molecule has 0 unspecified atom stereocenters. The zero-order valence-corrected chi connectivity index (χ0v) is 11.8. The fourth-order valence-electron chi connectivity index (χ4n) is 1.78. The summed E-state index contributed by atoms with van der Waals surface area (Å²) in [7, 11) is 2.87. The molecule has 0 aliphatic rings. The molecule has 108 valence electrons. The molecular weight excluding hydrogens is 270 g/mol. The van der Waals surface area contributed by atoms with Crippen LogP contribution in [0.25, 0.3) is 0 Å². The van der Waals surface area contributed by atoms with Crippen molar-refractivity contribution in [1.29, 1.82) is 0 Å². The van der Waals surface area contributed by atoms with Crippen LogP contribution >= 0.6 is 0 Å². The molecule has 21 heavy (non-hydrogen) atoms. The summed E-state index contributed by atoms with van der Waals surface area (Å²) in [5.74, 6) is -0.0688. The van der Waals surface area contributed by atoms with Gasteiger partial charge in [0, 0.05) is 11.3 Å². The second kappa shape index (κ2) is 6.56. The van der Waals surface area contributed by atoms with E-state index in [1.54, 1.807) is 49.6 Å². The highest BCUT2D eigenvalue weighted by Crippen LogP contribution is 2.16. The molecule has 0 aliphatic carbocycles. The molecule has 2 aromatic carbocycles. The van der Waals surface area contributed by atoms with Crippen LogP contribution in [0, 0.1) is 0 Å². The minimum Gasteiger partial charge on any atom is -0.497 e. The van der Waals surface area contributed by atoms with Gasteiger partial charge in [-0.2, -0.15) is 0 Å². The van der Waals surface area contributed by atoms with E-state index in [0.29, 0.717) is 22.6 Å². The van der Waals surface area contributed by atoms with Crippen molar-refractivity contribution in [1.82, 2.24) is 0 Å². The number of rotatable bonds is 4. The minimum atomic E-state index is -0.478. The molecule has 0 bridgehead atoms. The lowest BCUT2D eigenvalue weighted by molar-refractivity contribution is 0.0600. The molecule has 1 N–H and O–H groups in total. The molecule has 0 fully saturated rings. The summed E-state index contributed by atoms with van der Waals surface area (Å²) in [6.45, 7) is 0. The summed E-state index contributed by atoms with van der Waals surface area (Å²) in [5, 5.41) is 2.75. The quantitative estimate of drug-likeness (QED) is 0.877. The van der Waals surface area contributed by atoms with Crippen LogP contribution in [0.2, 0.25) is 0 Å². The Morgan fingerprint density at radius 3 is 2.24 bits per heavy atom. The van der Waals surface area contributed by atoms with Crippen molar-refractivity contribution < 1.29 is 19.1 Å². The maximum Gasteiger partial charge on any atom is 0.337 e. The van der Waals surface area contributed by atoms with Crippen LogP contribution in [0.4, 0.5) is 5.69 Å². The summed E-state index contributed by atoms with van der Waals surface area (Å²) in [6.07, 6.45) is 0. The number of hydrogen-bond acceptors (Lipinski definition) is 4. The number of carbonyl (C=O) groups is 2. The molecule has 0 saturated carbocycles. The average molecular weight is 285 g/mol.